The number of hydrogen-bond donors (Lipinski definition) is 0. The van der Waals surface area contributed by atoms with Crippen LogP contribution in [0.2, 0.25) is 0 Å². The maximum absolute atomic E-state index is 10.9. The molecule has 0 spiro atoms. The Hall–Kier alpha value is -0.920. The molecule has 2 nitrogen and oxygen atoms in total. The van der Waals surface area contributed by atoms with E-state index < -0.39 is 0 Å². The van der Waals surface area contributed by atoms with Crippen molar-refractivity contribution in [3.05, 3.63) is 29.1 Å². The van der Waals surface area contributed by atoms with Gasteiger partial charge in [-0.15, -0.1) is 0 Å². The van der Waals surface area contributed by atoms with Crippen molar-refractivity contribution in [1.82, 2.24) is 0 Å². The van der Waals surface area contributed by atoms with Gasteiger partial charge in [0.05, 0.1) is 0 Å². The molecule has 24 heavy (non-hydrogen) atoms. The summed E-state index contributed by atoms with van der Waals surface area (Å²) in [5, 5.41) is 0. The predicted octanol–water partition coefficient (Wildman–Crippen LogP) is 7.84. The third-order valence-corrected chi connectivity index (χ3v) is 5.58. The van der Waals surface area contributed by atoms with Crippen molar-refractivity contribution < 1.29 is 4.70 Å². The number of allylic oxidation sites excluding steroid dienone is 4. The van der Waals surface area contributed by atoms with Crippen molar-refractivity contribution >= 4 is 0 Å². The Morgan fingerprint density at radius 3 is 1.25 bits per heavy atom. The number of rotatable bonds is 2. The van der Waals surface area contributed by atoms with Gasteiger partial charge in [0.2, 0.25) is 0 Å². The summed E-state index contributed by atoms with van der Waals surface area (Å²) in [6, 6.07) is 0. The lowest BCUT2D eigenvalue weighted by atomic mass is 10.1. The van der Waals surface area contributed by atoms with Crippen LogP contribution in [0, 0.1) is 0 Å². The SMILES string of the molecule is [N-]=[N+](/C1=C/CCCCCCCCC1)/C1=C/CCCCCCCCC1. The summed E-state index contributed by atoms with van der Waals surface area (Å²) in [7, 11) is 0. The Bertz CT molecular complexity index is 382. The zero-order valence-electron chi connectivity index (χ0n) is 15.8. The topological polar surface area (TPSA) is 25.3 Å². The first-order valence-corrected chi connectivity index (χ1v) is 10.7. The molecule has 0 fully saturated rings. The van der Waals surface area contributed by atoms with Gasteiger partial charge in [-0.1, -0.05) is 64.2 Å². The van der Waals surface area contributed by atoms with Crippen LogP contribution in [0.4, 0.5) is 0 Å². The first-order valence-electron chi connectivity index (χ1n) is 10.7. The maximum atomic E-state index is 10.9. The van der Waals surface area contributed by atoms with Crippen LogP contribution >= 0.6 is 0 Å². The van der Waals surface area contributed by atoms with Gasteiger partial charge in [-0.05, 0) is 50.7 Å². The summed E-state index contributed by atoms with van der Waals surface area (Å²) in [5.74, 6) is 0. The minimum absolute atomic E-state index is 1.04. The minimum Gasteiger partial charge on any atom is -0.494 e. The molecule has 0 amide bonds. The van der Waals surface area contributed by atoms with E-state index in [1.807, 2.05) is 0 Å². The number of hydrogen-bond acceptors (Lipinski definition) is 0. The lowest BCUT2D eigenvalue weighted by Crippen LogP contribution is -2.08. The molecule has 0 radical (unpaired) electrons. The quantitative estimate of drug-likeness (QED) is 0.364. The van der Waals surface area contributed by atoms with Gasteiger partial charge in [0, 0.05) is 12.8 Å². The van der Waals surface area contributed by atoms with Gasteiger partial charge in [-0.2, -0.15) is 0 Å². The van der Waals surface area contributed by atoms with Crippen molar-refractivity contribution in [2.75, 3.05) is 0 Å². The van der Waals surface area contributed by atoms with E-state index in [2.05, 4.69) is 12.2 Å². The smallest absolute Gasteiger partial charge is 0.171 e. The molecule has 0 aromatic rings. The molecule has 0 atom stereocenters. The second-order valence-corrected chi connectivity index (χ2v) is 7.73. The molecule has 2 rings (SSSR count). The third-order valence-electron chi connectivity index (χ3n) is 5.58. The average Bonchev–Trinajstić information content (AvgIpc) is 2.70. The molecule has 0 N–H and O–H groups in total. The molecule has 0 saturated heterocycles. The Kier molecular flexibility index (Phi) is 10.1. The van der Waals surface area contributed by atoms with E-state index in [1.165, 1.54) is 89.9 Å². The lowest BCUT2D eigenvalue weighted by molar-refractivity contribution is -0.452. The highest BCUT2D eigenvalue weighted by atomic mass is 15.2. The zero-order chi connectivity index (χ0) is 16.9. The van der Waals surface area contributed by atoms with Crippen LogP contribution in [0.15, 0.2) is 23.5 Å². The van der Waals surface area contributed by atoms with Gasteiger partial charge in [0.1, 0.15) is 0 Å². The molecule has 2 aliphatic carbocycles. The first kappa shape index (κ1) is 19.4. The van der Waals surface area contributed by atoms with E-state index in [0.29, 0.717) is 0 Å². The van der Waals surface area contributed by atoms with E-state index in [1.54, 1.807) is 4.70 Å². The fourth-order valence-corrected chi connectivity index (χ4v) is 3.98. The highest BCUT2D eigenvalue weighted by Crippen LogP contribution is 2.23. The Morgan fingerprint density at radius 2 is 0.833 bits per heavy atom. The summed E-state index contributed by atoms with van der Waals surface area (Å²) in [4.78, 5) is 0. The third kappa shape index (κ3) is 7.77. The monoisotopic (exact) mass is 330 g/mol. The molecule has 0 unspecified atom stereocenters. The average molecular weight is 331 g/mol. The van der Waals surface area contributed by atoms with Crippen LogP contribution in [0.5, 0.6) is 0 Å². The van der Waals surface area contributed by atoms with Gasteiger partial charge in [-0.25, -0.2) is 0 Å². The van der Waals surface area contributed by atoms with Crippen LogP contribution in [-0.2, 0) is 0 Å². The molecule has 0 aromatic carbocycles. The predicted molar refractivity (Wildman–Crippen MR) is 103 cm³/mol. The van der Waals surface area contributed by atoms with Crippen LogP contribution in [0.25, 0.3) is 5.53 Å². The standard InChI is InChI=1S/C22H38N2/c23-24(21-17-13-9-5-1-2-6-10-14-18-21)22-19-15-11-7-3-4-8-12-16-20-22/h17,19H,1-16,18,20H2/b21-17+,22-19+. The minimum atomic E-state index is 1.04. The van der Waals surface area contributed by atoms with Crippen molar-refractivity contribution in [3.63, 3.8) is 0 Å². The fraction of sp³-hybridized carbons (Fsp3) is 0.818. The Labute approximate surface area is 149 Å². The molecule has 0 bridgehead atoms. The van der Waals surface area contributed by atoms with Crippen molar-refractivity contribution in [2.45, 2.75) is 116 Å². The summed E-state index contributed by atoms with van der Waals surface area (Å²) >= 11 is 0. The van der Waals surface area contributed by atoms with Crippen molar-refractivity contribution in [2.24, 2.45) is 0 Å². The molecule has 0 saturated carbocycles. The van der Waals surface area contributed by atoms with Crippen molar-refractivity contribution in [3.8, 4) is 0 Å². The molecule has 2 aliphatic rings. The Morgan fingerprint density at radius 1 is 0.500 bits per heavy atom. The Balaban J connectivity index is 1.99. The fourth-order valence-electron chi connectivity index (χ4n) is 3.98. The van der Waals surface area contributed by atoms with E-state index in [9.17, 15) is 5.53 Å². The second kappa shape index (κ2) is 12.4. The second-order valence-electron chi connectivity index (χ2n) is 7.73. The molecule has 136 valence electrons. The van der Waals surface area contributed by atoms with Crippen LogP contribution in [-0.4, -0.2) is 4.70 Å². The van der Waals surface area contributed by atoms with Gasteiger partial charge < -0.3 is 5.53 Å². The summed E-state index contributed by atoms with van der Waals surface area (Å²) in [6.45, 7) is 0. The maximum Gasteiger partial charge on any atom is 0.171 e. The molecule has 0 heterocycles. The highest BCUT2D eigenvalue weighted by Gasteiger charge is 2.14. The summed E-state index contributed by atoms with van der Waals surface area (Å²) < 4.78 is 1.58. The van der Waals surface area contributed by atoms with Gasteiger partial charge in [-0.3, -0.25) is 4.70 Å². The molecular formula is C22H38N2. The van der Waals surface area contributed by atoms with E-state index in [4.69, 9.17) is 0 Å². The van der Waals surface area contributed by atoms with E-state index in [-0.39, 0.29) is 0 Å². The number of nitrogens with zero attached hydrogens (tertiary/aromatic N) is 2. The molecule has 0 aliphatic heterocycles. The first-order chi connectivity index (χ1) is 11.9. The molecule has 0 aromatic heterocycles. The molecule has 2 heteroatoms. The largest absolute Gasteiger partial charge is 0.494 e. The van der Waals surface area contributed by atoms with E-state index >= 15 is 0 Å². The van der Waals surface area contributed by atoms with Gasteiger partial charge in [0.15, 0.2) is 11.4 Å². The van der Waals surface area contributed by atoms with E-state index in [0.717, 1.165) is 37.1 Å². The van der Waals surface area contributed by atoms with Crippen LogP contribution < -0.4 is 0 Å². The highest BCUT2D eigenvalue weighted by molar-refractivity contribution is 5.00. The summed E-state index contributed by atoms with van der Waals surface area (Å²) in [6.07, 6.45) is 27.5. The van der Waals surface area contributed by atoms with Crippen molar-refractivity contribution in [1.29, 1.82) is 0 Å². The van der Waals surface area contributed by atoms with Crippen LogP contribution in [0.3, 0.4) is 0 Å². The van der Waals surface area contributed by atoms with Gasteiger partial charge in [0.25, 0.3) is 0 Å². The lowest BCUT2D eigenvalue weighted by Gasteiger charge is -2.13. The zero-order valence-corrected chi connectivity index (χ0v) is 15.8. The summed E-state index contributed by atoms with van der Waals surface area (Å²) in [5.41, 5.74) is 13.2. The van der Waals surface area contributed by atoms with Gasteiger partial charge >= 0.3 is 0 Å². The van der Waals surface area contributed by atoms with Crippen LogP contribution in [0.1, 0.15) is 116 Å². The normalized spacial score (nSPS) is 27.5. The molecular weight excluding hydrogens is 292 g/mol.